The first kappa shape index (κ1) is 31.5. The van der Waals surface area contributed by atoms with Crippen molar-refractivity contribution in [2.45, 2.75) is 68.0 Å². The Bertz CT molecular complexity index is 1430. The van der Waals surface area contributed by atoms with Crippen LogP contribution in [-0.4, -0.2) is 109 Å². The first-order chi connectivity index (χ1) is 21.5. The quantitative estimate of drug-likeness (QED) is 0.318. The van der Waals surface area contributed by atoms with Gasteiger partial charge in [0.15, 0.2) is 12.6 Å². The lowest BCUT2D eigenvalue weighted by atomic mass is 9.41. The van der Waals surface area contributed by atoms with Gasteiger partial charge in [0.2, 0.25) is 0 Å². The summed E-state index contributed by atoms with van der Waals surface area (Å²) in [5, 5.41) is 32.4. The largest absolute Gasteiger partial charge is 0.497 e. The van der Waals surface area contributed by atoms with Crippen LogP contribution < -0.4 is 4.74 Å². The van der Waals surface area contributed by atoms with Gasteiger partial charge in [-0.1, -0.05) is 18.2 Å². The maximum Gasteiger partial charge on any atom is 0.338 e. The number of carbonyl (C=O) groups is 3. The Hall–Kier alpha value is -3.43. The Kier molecular flexibility index (Phi) is 8.23. The van der Waals surface area contributed by atoms with Crippen molar-refractivity contribution in [1.82, 2.24) is 0 Å². The fourth-order valence-electron chi connectivity index (χ4n) is 7.34. The molecular weight excluding hydrogens is 592 g/mol. The molecule has 7 rings (SSSR count). The monoisotopic (exact) mass is 628 g/mol. The molecule has 2 saturated heterocycles. The summed E-state index contributed by atoms with van der Waals surface area (Å²) in [6.07, 6.45) is -8.82. The van der Waals surface area contributed by atoms with Gasteiger partial charge in [-0.15, -0.1) is 0 Å². The van der Waals surface area contributed by atoms with Crippen LogP contribution in [0, 0.1) is 11.3 Å². The van der Waals surface area contributed by atoms with Crippen LogP contribution in [0.5, 0.6) is 5.75 Å². The fourth-order valence-corrected chi connectivity index (χ4v) is 7.34. The summed E-state index contributed by atoms with van der Waals surface area (Å²) in [7, 11) is 2.91. The molecular formula is C32H36O13. The van der Waals surface area contributed by atoms with Crippen LogP contribution in [-0.2, 0) is 33.2 Å². The summed E-state index contributed by atoms with van der Waals surface area (Å²) in [5.74, 6) is -1.55. The number of methoxy groups -OCH3 is 2. The molecule has 2 aliphatic heterocycles. The van der Waals surface area contributed by atoms with E-state index in [0.717, 1.165) is 0 Å². The predicted octanol–water partition coefficient (Wildman–Crippen LogP) is 1.01. The van der Waals surface area contributed by atoms with Gasteiger partial charge in [-0.2, -0.15) is 0 Å². The molecule has 3 saturated carbocycles. The van der Waals surface area contributed by atoms with Crippen molar-refractivity contribution in [1.29, 1.82) is 0 Å². The molecule has 10 atom stereocenters. The van der Waals surface area contributed by atoms with Gasteiger partial charge in [0.05, 0.1) is 23.7 Å². The molecule has 3 N–H and O–H groups in total. The molecule has 5 fully saturated rings. The van der Waals surface area contributed by atoms with E-state index in [1.807, 2.05) is 0 Å². The third-order valence-electron chi connectivity index (χ3n) is 9.76. The Morgan fingerprint density at radius 3 is 2.24 bits per heavy atom. The molecule has 0 spiro atoms. The van der Waals surface area contributed by atoms with Crippen LogP contribution in [0.4, 0.5) is 0 Å². The van der Waals surface area contributed by atoms with Gasteiger partial charge in [0.25, 0.3) is 0 Å². The van der Waals surface area contributed by atoms with Gasteiger partial charge >= 0.3 is 11.9 Å². The molecule has 13 heteroatoms. The van der Waals surface area contributed by atoms with E-state index in [2.05, 4.69) is 0 Å². The number of fused-ring (bicyclic) bond motifs is 1. The maximum absolute atomic E-state index is 13.3. The number of aliphatic hydroxyl groups excluding tert-OH is 3. The number of benzene rings is 2. The van der Waals surface area contributed by atoms with Gasteiger partial charge in [-0.25, -0.2) is 9.59 Å². The molecule has 2 aromatic rings. The molecule has 2 aromatic carbocycles. The highest BCUT2D eigenvalue weighted by Gasteiger charge is 2.87. The minimum Gasteiger partial charge on any atom is -0.497 e. The summed E-state index contributed by atoms with van der Waals surface area (Å²) in [5.41, 5.74) is -3.46. The standard InChI is InChI=1S/C32H36O13/c1-30-14-21(33)20-13-32(30,31(20,29(40-3)45-30)16-42-27(38)18-9-11-19(39-2)12-10-18)44-28-25(36)24(35)23(34)22(43-28)15-41-26(37)17-7-5-4-6-8-17/h4-12,20,22-25,28-29,34-36H,13-16H2,1-3H3/t20-,22+,23+,24-,25+,28-,29-,30-,31-,32-/m0/s1. The second-order valence-corrected chi connectivity index (χ2v) is 12.1. The van der Waals surface area contributed by atoms with Crippen LogP contribution in [0.15, 0.2) is 54.6 Å². The van der Waals surface area contributed by atoms with Crippen LogP contribution in [0.3, 0.4) is 0 Å². The zero-order valence-corrected chi connectivity index (χ0v) is 25.0. The highest BCUT2D eigenvalue weighted by molar-refractivity contribution is 5.91. The van der Waals surface area contributed by atoms with E-state index >= 15 is 0 Å². The van der Waals surface area contributed by atoms with E-state index in [1.54, 1.807) is 61.5 Å². The van der Waals surface area contributed by atoms with Crippen molar-refractivity contribution in [3.05, 3.63) is 65.7 Å². The molecule has 3 aliphatic carbocycles. The average Bonchev–Trinajstić information content (AvgIpc) is 3.13. The summed E-state index contributed by atoms with van der Waals surface area (Å²) >= 11 is 0. The van der Waals surface area contributed by atoms with Gasteiger partial charge in [0.1, 0.15) is 60.4 Å². The number of carbonyl (C=O) groups excluding carboxylic acids is 3. The van der Waals surface area contributed by atoms with Crippen molar-refractivity contribution in [2.24, 2.45) is 11.3 Å². The van der Waals surface area contributed by atoms with Crippen LogP contribution in [0.1, 0.15) is 40.5 Å². The van der Waals surface area contributed by atoms with E-state index in [-0.39, 0.29) is 36.4 Å². The van der Waals surface area contributed by atoms with E-state index in [0.29, 0.717) is 5.75 Å². The number of esters is 2. The molecule has 0 amide bonds. The Balaban J connectivity index is 1.25. The molecule has 13 nitrogen and oxygen atoms in total. The second-order valence-electron chi connectivity index (χ2n) is 12.1. The van der Waals surface area contributed by atoms with Crippen molar-refractivity contribution in [2.75, 3.05) is 27.4 Å². The Morgan fingerprint density at radius 2 is 1.58 bits per heavy atom. The average molecular weight is 629 g/mol. The summed E-state index contributed by atoms with van der Waals surface area (Å²) in [4.78, 5) is 38.9. The van der Waals surface area contributed by atoms with E-state index in [4.69, 9.17) is 33.2 Å². The zero-order valence-electron chi connectivity index (χ0n) is 25.0. The summed E-state index contributed by atoms with van der Waals surface area (Å²) < 4.78 is 40.7. The minimum absolute atomic E-state index is 0.0438. The molecule has 0 radical (unpaired) electrons. The predicted molar refractivity (Wildman–Crippen MR) is 151 cm³/mol. The second kappa shape index (κ2) is 11.7. The van der Waals surface area contributed by atoms with E-state index in [1.165, 1.54) is 14.2 Å². The lowest BCUT2D eigenvalue weighted by Gasteiger charge is -2.66. The molecule has 45 heavy (non-hydrogen) atoms. The number of rotatable bonds is 10. The van der Waals surface area contributed by atoms with Crippen molar-refractivity contribution >= 4 is 17.7 Å². The van der Waals surface area contributed by atoms with Gasteiger partial charge in [-0.05, 0) is 49.7 Å². The van der Waals surface area contributed by atoms with E-state index in [9.17, 15) is 29.7 Å². The lowest BCUT2D eigenvalue weighted by Crippen LogP contribution is -2.80. The van der Waals surface area contributed by atoms with Crippen LogP contribution in [0.2, 0.25) is 0 Å². The minimum atomic E-state index is -1.73. The van der Waals surface area contributed by atoms with Crippen molar-refractivity contribution in [3.8, 4) is 5.75 Å². The number of Topliss-reactive ketones (excluding diaryl/α,β-unsaturated/α-hetero) is 1. The molecule has 0 aromatic heterocycles. The SMILES string of the molecule is COc1ccc(C(=O)OC[C@@]23[C@@H](OC)O[C@@]4(C)CC(=O)[C@@H]2C[C@@]34O[C@@H]2O[C@H](COC(=O)c3ccccc3)[C@@H](O)[C@H](O)[C@H]2O)cc1. The highest BCUT2D eigenvalue weighted by atomic mass is 16.8. The first-order valence-electron chi connectivity index (χ1n) is 14.6. The maximum atomic E-state index is 13.3. The van der Waals surface area contributed by atoms with E-state index < -0.39 is 78.1 Å². The smallest absolute Gasteiger partial charge is 0.338 e. The van der Waals surface area contributed by atoms with Gasteiger partial charge in [0, 0.05) is 19.4 Å². The van der Waals surface area contributed by atoms with Crippen molar-refractivity contribution < 1.29 is 62.9 Å². The van der Waals surface area contributed by atoms with Gasteiger partial charge < -0.3 is 48.5 Å². The highest BCUT2D eigenvalue weighted by Crippen LogP contribution is 2.74. The first-order valence-corrected chi connectivity index (χ1v) is 14.6. The molecule has 4 bridgehead atoms. The molecule has 2 heterocycles. The lowest BCUT2D eigenvalue weighted by molar-refractivity contribution is -0.381. The molecule has 5 aliphatic rings. The number of aliphatic hydroxyl groups is 3. The topological polar surface area (TPSA) is 177 Å². The van der Waals surface area contributed by atoms with Crippen LogP contribution in [0.25, 0.3) is 0 Å². The Labute approximate surface area is 258 Å². The fraction of sp³-hybridized carbons (Fsp3) is 0.531. The molecule has 0 unspecified atom stereocenters. The third kappa shape index (κ3) is 4.85. The zero-order chi connectivity index (χ0) is 32.1. The molecule has 242 valence electrons. The third-order valence-corrected chi connectivity index (χ3v) is 9.76. The number of hydrogen-bond donors (Lipinski definition) is 3. The van der Waals surface area contributed by atoms with Gasteiger partial charge in [-0.3, -0.25) is 4.79 Å². The summed E-state index contributed by atoms with van der Waals surface area (Å²) in [6.45, 7) is 0.902. The van der Waals surface area contributed by atoms with Crippen LogP contribution >= 0.6 is 0 Å². The normalized spacial score (nSPS) is 38.3. The summed E-state index contributed by atoms with van der Waals surface area (Å²) in [6, 6.07) is 14.5. The number of hydrogen-bond acceptors (Lipinski definition) is 13. The number of ether oxygens (including phenoxy) is 7. The number of ketones is 1. The van der Waals surface area contributed by atoms with Crippen molar-refractivity contribution in [3.63, 3.8) is 0 Å². The Morgan fingerprint density at radius 1 is 0.911 bits per heavy atom.